The van der Waals surface area contributed by atoms with E-state index in [1.807, 2.05) is 24.9 Å². The van der Waals surface area contributed by atoms with E-state index < -0.39 is 0 Å². The Morgan fingerprint density at radius 1 is 1.50 bits per heavy atom. The minimum absolute atomic E-state index is 0.428. The van der Waals surface area contributed by atoms with Crippen LogP contribution in [-0.4, -0.2) is 31.4 Å². The van der Waals surface area contributed by atoms with Crippen LogP contribution in [0.3, 0.4) is 0 Å². The summed E-state index contributed by atoms with van der Waals surface area (Å²) in [6.07, 6.45) is 6.41. The Hall–Kier alpha value is -1.69. The van der Waals surface area contributed by atoms with Crippen LogP contribution in [0.25, 0.3) is 0 Å². The molecule has 1 aliphatic rings. The molecule has 1 saturated heterocycles. The fourth-order valence-electron chi connectivity index (χ4n) is 2.59. The van der Waals surface area contributed by atoms with Crippen molar-refractivity contribution in [2.45, 2.75) is 32.4 Å². The van der Waals surface area contributed by atoms with E-state index in [0.29, 0.717) is 11.9 Å². The van der Waals surface area contributed by atoms with Crippen LogP contribution in [0.2, 0.25) is 0 Å². The van der Waals surface area contributed by atoms with Crippen molar-refractivity contribution in [1.82, 2.24) is 24.8 Å². The minimum atomic E-state index is 0.428. The molecule has 0 bridgehead atoms. The molecule has 2 aromatic rings. The normalized spacial score (nSPS) is 20.7. The second-order valence-electron chi connectivity index (χ2n) is 4.81. The number of rotatable bonds is 3. The summed E-state index contributed by atoms with van der Waals surface area (Å²) in [4.78, 5) is 6.66. The Balaban J connectivity index is 1.75. The molecule has 1 unspecified atom stereocenters. The van der Waals surface area contributed by atoms with E-state index >= 15 is 0 Å². The summed E-state index contributed by atoms with van der Waals surface area (Å²) in [6.45, 7) is 3.64. The third-order valence-corrected chi connectivity index (χ3v) is 3.39. The fourth-order valence-corrected chi connectivity index (χ4v) is 2.59. The molecule has 18 heavy (non-hydrogen) atoms. The van der Waals surface area contributed by atoms with Gasteiger partial charge in [-0.1, -0.05) is 5.16 Å². The van der Waals surface area contributed by atoms with Gasteiger partial charge in [0, 0.05) is 31.8 Å². The van der Waals surface area contributed by atoms with Crippen molar-refractivity contribution < 1.29 is 4.52 Å². The van der Waals surface area contributed by atoms with Crippen LogP contribution in [0.5, 0.6) is 0 Å². The number of hydrogen-bond acceptors (Lipinski definition) is 5. The van der Waals surface area contributed by atoms with E-state index in [-0.39, 0.29) is 0 Å². The smallest absolute Gasteiger partial charge is 0.223 e. The van der Waals surface area contributed by atoms with Crippen LogP contribution < -0.4 is 0 Å². The molecule has 3 heterocycles. The van der Waals surface area contributed by atoms with E-state index in [1.165, 1.54) is 18.4 Å². The molecule has 1 atom stereocenters. The topological polar surface area (TPSA) is 60.0 Å². The maximum atomic E-state index is 5.02. The lowest BCUT2D eigenvalue weighted by Crippen LogP contribution is -2.23. The van der Waals surface area contributed by atoms with Gasteiger partial charge in [0.05, 0.1) is 12.7 Å². The third kappa shape index (κ3) is 2.15. The summed E-state index contributed by atoms with van der Waals surface area (Å²) in [5.41, 5.74) is 1.27. The molecule has 0 spiro atoms. The summed E-state index contributed by atoms with van der Waals surface area (Å²) in [6, 6.07) is 0.428. The predicted molar refractivity (Wildman–Crippen MR) is 64.6 cm³/mol. The van der Waals surface area contributed by atoms with Crippen LogP contribution in [0.4, 0.5) is 0 Å². The van der Waals surface area contributed by atoms with Gasteiger partial charge in [-0.2, -0.15) is 10.1 Å². The second-order valence-corrected chi connectivity index (χ2v) is 4.81. The van der Waals surface area contributed by atoms with Gasteiger partial charge >= 0.3 is 0 Å². The molecule has 1 fully saturated rings. The molecular formula is C12H17N5O. The number of nitrogens with zero attached hydrogens (tertiary/aromatic N) is 5. The highest BCUT2D eigenvalue weighted by Crippen LogP contribution is 2.32. The van der Waals surface area contributed by atoms with E-state index in [0.717, 1.165) is 18.9 Å². The summed E-state index contributed by atoms with van der Waals surface area (Å²) >= 11 is 0. The first-order chi connectivity index (χ1) is 8.72. The molecule has 0 aromatic carbocycles. The lowest BCUT2D eigenvalue weighted by Gasteiger charge is -2.21. The molecule has 0 amide bonds. The monoisotopic (exact) mass is 247 g/mol. The fraction of sp³-hybridized carbons (Fsp3) is 0.583. The van der Waals surface area contributed by atoms with Gasteiger partial charge in [0.1, 0.15) is 0 Å². The zero-order valence-electron chi connectivity index (χ0n) is 10.7. The number of hydrogen-bond donors (Lipinski definition) is 0. The van der Waals surface area contributed by atoms with E-state index in [4.69, 9.17) is 4.52 Å². The number of aryl methyl sites for hydroxylation is 2. The SMILES string of the molecule is Cc1nc(CN2CCCC2c2cnn(C)c2)no1. The van der Waals surface area contributed by atoms with Gasteiger partial charge in [-0.05, 0) is 19.4 Å². The van der Waals surface area contributed by atoms with Crippen LogP contribution in [0, 0.1) is 6.92 Å². The molecule has 3 rings (SSSR count). The van der Waals surface area contributed by atoms with Crippen LogP contribution in [-0.2, 0) is 13.6 Å². The highest BCUT2D eigenvalue weighted by molar-refractivity contribution is 5.12. The van der Waals surface area contributed by atoms with E-state index in [1.54, 1.807) is 0 Å². The summed E-state index contributed by atoms with van der Waals surface area (Å²) in [5, 5.41) is 8.21. The second kappa shape index (κ2) is 4.53. The highest BCUT2D eigenvalue weighted by Gasteiger charge is 2.27. The van der Waals surface area contributed by atoms with Gasteiger partial charge < -0.3 is 4.52 Å². The first-order valence-corrected chi connectivity index (χ1v) is 6.24. The quantitative estimate of drug-likeness (QED) is 0.821. The molecule has 2 aromatic heterocycles. The van der Waals surface area contributed by atoms with Crippen molar-refractivity contribution in [3.05, 3.63) is 29.7 Å². The van der Waals surface area contributed by atoms with Crippen LogP contribution in [0.1, 0.15) is 36.2 Å². The van der Waals surface area contributed by atoms with Gasteiger partial charge in [0.2, 0.25) is 5.89 Å². The Morgan fingerprint density at radius 2 is 2.39 bits per heavy atom. The lowest BCUT2D eigenvalue weighted by molar-refractivity contribution is 0.238. The van der Waals surface area contributed by atoms with Gasteiger partial charge in [-0.25, -0.2) is 0 Å². The molecule has 0 aliphatic carbocycles. The molecule has 1 aliphatic heterocycles. The average molecular weight is 247 g/mol. The van der Waals surface area contributed by atoms with Crippen LogP contribution in [0.15, 0.2) is 16.9 Å². The first-order valence-electron chi connectivity index (χ1n) is 6.24. The molecule has 6 nitrogen and oxygen atoms in total. The Bertz CT molecular complexity index is 532. The maximum Gasteiger partial charge on any atom is 0.223 e. The molecule has 0 radical (unpaired) electrons. The lowest BCUT2D eigenvalue weighted by atomic mass is 10.1. The molecule has 0 N–H and O–H groups in total. The van der Waals surface area contributed by atoms with Crippen molar-refractivity contribution in [2.24, 2.45) is 7.05 Å². The van der Waals surface area contributed by atoms with E-state index in [2.05, 4.69) is 26.3 Å². The zero-order valence-corrected chi connectivity index (χ0v) is 10.7. The van der Waals surface area contributed by atoms with Crippen molar-refractivity contribution in [3.63, 3.8) is 0 Å². The third-order valence-electron chi connectivity index (χ3n) is 3.39. The summed E-state index contributed by atoms with van der Waals surface area (Å²) in [7, 11) is 1.95. The standard InChI is InChI=1S/C12H17N5O/c1-9-14-12(15-18-9)8-17-5-3-4-11(17)10-6-13-16(2)7-10/h6-7,11H,3-5,8H2,1-2H3. The number of aromatic nitrogens is 4. The van der Waals surface area contributed by atoms with Gasteiger partial charge in [-0.3, -0.25) is 9.58 Å². The maximum absolute atomic E-state index is 5.02. The molecule has 6 heteroatoms. The summed E-state index contributed by atoms with van der Waals surface area (Å²) in [5.74, 6) is 1.39. The van der Waals surface area contributed by atoms with Crippen molar-refractivity contribution in [3.8, 4) is 0 Å². The van der Waals surface area contributed by atoms with Crippen molar-refractivity contribution >= 4 is 0 Å². The first kappa shape index (κ1) is 11.4. The Kier molecular flexibility index (Phi) is 2.87. The predicted octanol–water partition coefficient (Wildman–Crippen LogP) is 1.45. The number of likely N-dealkylation sites (tertiary alicyclic amines) is 1. The largest absolute Gasteiger partial charge is 0.340 e. The Morgan fingerprint density at radius 3 is 3.06 bits per heavy atom. The summed E-state index contributed by atoms with van der Waals surface area (Å²) < 4.78 is 6.87. The van der Waals surface area contributed by atoms with Crippen molar-refractivity contribution in [2.75, 3.05) is 6.54 Å². The molecule has 96 valence electrons. The van der Waals surface area contributed by atoms with Gasteiger partial charge in [0.25, 0.3) is 0 Å². The van der Waals surface area contributed by atoms with Gasteiger partial charge in [0.15, 0.2) is 5.82 Å². The zero-order chi connectivity index (χ0) is 12.5. The molecular weight excluding hydrogens is 230 g/mol. The van der Waals surface area contributed by atoms with E-state index in [9.17, 15) is 0 Å². The van der Waals surface area contributed by atoms with Gasteiger partial charge in [-0.15, -0.1) is 0 Å². The molecule has 0 saturated carbocycles. The average Bonchev–Trinajstić information content (AvgIpc) is 3.01. The van der Waals surface area contributed by atoms with Crippen LogP contribution >= 0.6 is 0 Å². The highest BCUT2D eigenvalue weighted by atomic mass is 16.5. The Labute approximate surface area is 106 Å². The minimum Gasteiger partial charge on any atom is -0.340 e. The van der Waals surface area contributed by atoms with Crippen molar-refractivity contribution in [1.29, 1.82) is 0 Å².